The van der Waals surface area contributed by atoms with E-state index in [1.807, 2.05) is 30.3 Å². The highest BCUT2D eigenvalue weighted by molar-refractivity contribution is 5.79. The van der Waals surface area contributed by atoms with Gasteiger partial charge in [-0.1, -0.05) is 24.3 Å². The molecule has 6 nitrogen and oxygen atoms in total. The van der Waals surface area contributed by atoms with Crippen LogP contribution < -0.4 is 24.8 Å². The Morgan fingerprint density at radius 1 is 1.12 bits per heavy atom. The van der Waals surface area contributed by atoms with Crippen molar-refractivity contribution in [2.45, 2.75) is 13.5 Å². The van der Waals surface area contributed by atoms with Crippen LogP contribution in [0.5, 0.6) is 17.2 Å². The molecule has 0 atom stereocenters. The molecule has 132 valence electrons. The average molecular weight is 341 g/mol. The molecule has 6 heteroatoms. The maximum absolute atomic E-state index is 5.73. The Kier molecular flexibility index (Phi) is 5.61. The number of guanidine groups is 1. The minimum absolute atomic E-state index is 0.267. The molecule has 0 amide bonds. The second kappa shape index (κ2) is 8.28. The van der Waals surface area contributed by atoms with E-state index in [2.05, 4.69) is 34.7 Å². The van der Waals surface area contributed by atoms with E-state index in [9.17, 15) is 0 Å². The van der Waals surface area contributed by atoms with Crippen molar-refractivity contribution in [2.24, 2.45) is 4.99 Å². The third-order valence-electron chi connectivity index (χ3n) is 3.94. The lowest BCUT2D eigenvalue weighted by molar-refractivity contribution is 0.173. The van der Waals surface area contributed by atoms with Crippen molar-refractivity contribution >= 4 is 5.96 Å². The molecule has 2 N–H and O–H groups in total. The first-order valence-corrected chi connectivity index (χ1v) is 8.28. The van der Waals surface area contributed by atoms with E-state index in [1.54, 1.807) is 7.05 Å². The van der Waals surface area contributed by atoms with E-state index in [-0.39, 0.29) is 6.79 Å². The Morgan fingerprint density at radius 2 is 1.96 bits per heavy atom. The van der Waals surface area contributed by atoms with Crippen molar-refractivity contribution in [1.29, 1.82) is 0 Å². The first-order chi connectivity index (χ1) is 12.3. The molecular formula is C19H23N3O3. The first-order valence-electron chi connectivity index (χ1n) is 8.28. The summed E-state index contributed by atoms with van der Waals surface area (Å²) in [7, 11) is 1.76. The SMILES string of the molecule is CN=C(NCCOc1ccc2c(c1)OCO2)NCc1ccccc1C. The molecule has 2 aromatic carbocycles. The molecule has 1 aliphatic rings. The van der Waals surface area contributed by atoms with Crippen molar-refractivity contribution < 1.29 is 14.2 Å². The van der Waals surface area contributed by atoms with E-state index in [0.717, 1.165) is 29.8 Å². The normalized spacial score (nSPS) is 12.8. The molecule has 0 radical (unpaired) electrons. The maximum atomic E-state index is 5.73. The molecule has 25 heavy (non-hydrogen) atoms. The van der Waals surface area contributed by atoms with Crippen LogP contribution in [0.3, 0.4) is 0 Å². The van der Waals surface area contributed by atoms with Crippen LogP contribution in [-0.2, 0) is 6.54 Å². The molecule has 0 aliphatic carbocycles. The van der Waals surface area contributed by atoms with E-state index in [1.165, 1.54) is 11.1 Å². The maximum Gasteiger partial charge on any atom is 0.231 e. The summed E-state index contributed by atoms with van der Waals surface area (Å²) in [6, 6.07) is 13.9. The molecule has 3 rings (SSSR count). The Hall–Kier alpha value is -2.89. The van der Waals surface area contributed by atoms with E-state index >= 15 is 0 Å². The van der Waals surface area contributed by atoms with E-state index in [0.29, 0.717) is 13.2 Å². The number of hydrogen-bond acceptors (Lipinski definition) is 4. The summed E-state index contributed by atoms with van der Waals surface area (Å²) in [6.07, 6.45) is 0. The Bertz CT molecular complexity index is 746. The second-order valence-corrected chi connectivity index (χ2v) is 5.64. The summed E-state index contributed by atoms with van der Waals surface area (Å²) in [5.41, 5.74) is 2.51. The number of ether oxygens (including phenoxy) is 3. The smallest absolute Gasteiger partial charge is 0.231 e. The van der Waals surface area contributed by atoms with Gasteiger partial charge in [0.2, 0.25) is 6.79 Å². The number of rotatable bonds is 6. The summed E-state index contributed by atoms with van der Waals surface area (Å²) in [5.74, 6) is 2.99. The third kappa shape index (κ3) is 4.56. The molecule has 0 saturated heterocycles. The molecule has 1 aliphatic heterocycles. The van der Waals surface area contributed by atoms with Crippen LogP contribution in [0.25, 0.3) is 0 Å². The zero-order chi connectivity index (χ0) is 17.5. The Labute approximate surface area is 147 Å². The van der Waals surface area contributed by atoms with Crippen molar-refractivity contribution in [3.8, 4) is 17.2 Å². The molecule has 2 aromatic rings. The van der Waals surface area contributed by atoms with Gasteiger partial charge in [0.05, 0.1) is 6.54 Å². The zero-order valence-electron chi connectivity index (χ0n) is 14.5. The van der Waals surface area contributed by atoms with Crippen molar-refractivity contribution in [1.82, 2.24) is 10.6 Å². The topological polar surface area (TPSA) is 64.1 Å². The fourth-order valence-electron chi connectivity index (χ4n) is 2.51. The molecule has 0 fully saturated rings. The lowest BCUT2D eigenvalue weighted by Gasteiger charge is -2.13. The van der Waals surface area contributed by atoms with Gasteiger partial charge in [0.1, 0.15) is 12.4 Å². The molecule has 1 heterocycles. The van der Waals surface area contributed by atoms with Gasteiger partial charge < -0.3 is 24.8 Å². The highest BCUT2D eigenvalue weighted by Gasteiger charge is 2.13. The van der Waals surface area contributed by atoms with Gasteiger partial charge in [-0.2, -0.15) is 0 Å². The van der Waals surface area contributed by atoms with Gasteiger partial charge in [-0.25, -0.2) is 0 Å². The lowest BCUT2D eigenvalue weighted by atomic mass is 10.1. The highest BCUT2D eigenvalue weighted by Crippen LogP contribution is 2.34. The summed E-state index contributed by atoms with van der Waals surface area (Å²) in [6.45, 7) is 4.26. The summed E-state index contributed by atoms with van der Waals surface area (Å²) < 4.78 is 16.3. The predicted octanol–water partition coefficient (Wildman–Crippen LogP) is 2.47. The van der Waals surface area contributed by atoms with Gasteiger partial charge in [0.15, 0.2) is 17.5 Å². The number of aryl methyl sites for hydroxylation is 1. The van der Waals surface area contributed by atoms with Crippen molar-refractivity contribution in [3.05, 3.63) is 53.6 Å². The predicted molar refractivity (Wildman–Crippen MR) is 97.4 cm³/mol. The summed E-state index contributed by atoms with van der Waals surface area (Å²) in [4.78, 5) is 4.23. The highest BCUT2D eigenvalue weighted by atomic mass is 16.7. The molecular weight excluding hydrogens is 318 g/mol. The average Bonchev–Trinajstić information content (AvgIpc) is 3.10. The van der Waals surface area contributed by atoms with Crippen LogP contribution >= 0.6 is 0 Å². The van der Waals surface area contributed by atoms with Gasteiger partial charge >= 0.3 is 0 Å². The molecule has 0 aromatic heterocycles. The van der Waals surface area contributed by atoms with Crippen LogP contribution in [0.4, 0.5) is 0 Å². The minimum Gasteiger partial charge on any atom is -0.492 e. The van der Waals surface area contributed by atoms with Crippen molar-refractivity contribution in [2.75, 3.05) is 27.0 Å². The number of aliphatic imine (C=N–C) groups is 1. The number of fused-ring (bicyclic) bond motifs is 1. The van der Waals surface area contributed by atoms with E-state index in [4.69, 9.17) is 14.2 Å². The molecule has 0 bridgehead atoms. The quantitative estimate of drug-likeness (QED) is 0.480. The van der Waals surface area contributed by atoms with Crippen LogP contribution in [0.2, 0.25) is 0 Å². The van der Waals surface area contributed by atoms with E-state index < -0.39 is 0 Å². The fourth-order valence-corrected chi connectivity index (χ4v) is 2.51. The molecule has 0 unspecified atom stereocenters. The van der Waals surface area contributed by atoms with Crippen LogP contribution in [0, 0.1) is 6.92 Å². The standard InChI is InChI=1S/C19H23N3O3/c1-14-5-3-4-6-15(14)12-22-19(20-2)21-9-10-23-16-7-8-17-18(11-16)25-13-24-17/h3-8,11H,9-10,12-13H2,1-2H3,(H2,20,21,22). The minimum atomic E-state index is 0.267. The van der Waals surface area contributed by atoms with Gasteiger partial charge in [-0.05, 0) is 30.2 Å². The van der Waals surface area contributed by atoms with Crippen molar-refractivity contribution in [3.63, 3.8) is 0 Å². The number of nitrogens with one attached hydrogen (secondary N) is 2. The number of hydrogen-bond donors (Lipinski definition) is 2. The summed E-state index contributed by atoms with van der Waals surface area (Å²) >= 11 is 0. The first kappa shape index (κ1) is 17.0. The Morgan fingerprint density at radius 3 is 2.80 bits per heavy atom. The Balaban J connectivity index is 1.40. The zero-order valence-corrected chi connectivity index (χ0v) is 14.5. The van der Waals surface area contributed by atoms with Crippen LogP contribution in [-0.4, -0.2) is 33.0 Å². The lowest BCUT2D eigenvalue weighted by Crippen LogP contribution is -2.39. The van der Waals surface area contributed by atoms with Gasteiger partial charge in [-0.3, -0.25) is 4.99 Å². The largest absolute Gasteiger partial charge is 0.492 e. The number of nitrogens with zero attached hydrogens (tertiary/aromatic N) is 1. The second-order valence-electron chi connectivity index (χ2n) is 5.64. The van der Waals surface area contributed by atoms with Gasteiger partial charge in [-0.15, -0.1) is 0 Å². The van der Waals surface area contributed by atoms with Crippen LogP contribution in [0.15, 0.2) is 47.5 Å². The van der Waals surface area contributed by atoms with Crippen LogP contribution in [0.1, 0.15) is 11.1 Å². The van der Waals surface area contributed by atoms with Gasteiger partial charge in [0.25, 0.3) is 0 Å². The van der Waals surface area contributed by atoms with Gasteiger partial charge in [0, 0.05) is 19.7 Å². The summed E-state index contributed by atoms with van der Waals surface area (Å²) in [5, 5.41) is 6.55. The third-order valence-corrected chi connectivity index (χ3v) is 3.94. The molecule has 0 saturated carbocycles. The fraction of sp³-hybridized carbons (Fsp3) is 0.316. The monoisotopic (exact) mass is 341 g/mol. The molecule has 0 spiro atoms. The number of benzene rings is 2.